The molecule has 16 heavy (non-hydrogen) atoms. The van der Waals surface area contributed by atoms with E-state index in [1.807, 2.05) is 0 Å². The van der Waals surface area contributed by atoms with Gasteiger partial charge in [-0.1, -0.05) is 20.3 Å². The van der Waals surface area contributed by atoms with E-state index in [1.165, 1.54) is 6.42 Å². The van der Waals surface area contributed by atoms with Crippen LogP contribution in [0.2, 0.25) is 0 Å². The Morgan fingerprint density at radius 1 is 1.31 bits per heavy atom. The van der Waals surface area contributed by atoms with Crippen LogP contribution in [-0.4, -0.2) is 43.9 Å². The highest BCUT2D eigenvalue weighted by Crippen LogP contribution is 2.07. The molecule has 0 bridgehead atoms. The molecule has 4 heteroatoms. The SMILES string of the molecule is CC(C)CCCCOC(=O)N1CCOCC1. The van der Waals surface area contributed by atoms with Crippen LogP contribution in [-0.2, 0) is 9.47 Å². The van der Waals surface area contributed by atoms with Gasteiger partial charge in [-0.15, -0.1) is 0 Å². The fourth-order valence-electron chi connectivity index (χ4n) is 1.65. The van der Waals surface area contributed by atoms with Gasteiger partial charge in [-0.05, 0) is 18.8 Å². The lowest BCUT2D eigenvalue weighted by Crippen LogP contribution is -2.41. The minimum Gasteiger partial charge on any atom is -0.449 e. The van der Waals surface area contributed by atoms with E-state index >= 15 is 0 Å². The molecule has 1 saturated heterocycles. The van der Waals surface area contributed by atoms with Crippen LogP contribution in [0.15, 0.2) is 0 Å². The summed E-state index contributed by atoms with van der Waals surface area (Å²) in [6.07, 6.45) is 3.12. The third-order valence-corrected chi connectivity index (χ3v) is 2.67. The number of carbonyl (C=O) groups excluding carboxylic acids is 1. The van der Waals surface area contributed by atoms with Crippen molar-refractivity contribution in [2.45, 2.75) is 33.1 Å². The highest BCUT2D eigenvalue weighted by Gasteiger charge is 2.17. The maximum absolute atomic E-state index is 11.5. The van der Waals surface area contributed by atoms with Crippen LogP contribution in [0, 0.1) is 5.92 Å². The highest BCUT2D eigenvalue weighted by atomic mass is 16.6. The summed E-state index contributed by atoms with van der Waals surface area (Å²) in [7, 11) is 0. The quantitative estimate of drug-likeness (QED) is 0.679. The Morgan fingerprint density at radius 2 is 2.00 bits per heavy atom. The third kappa shape index (κ3) is 5.35. The minimum atomic E-state index is -0.187. The van der Waals surface area contributed by atoms with Crippen LogP contribution in [0.5, 0.6) is 0 Å². The van der Waals surface area contributed by atoms with Crippen molar-refractivity contribution in [2.24, 2.45) is 5.92 Å². The molecule has 0 spiro atoms. The Hall–Kier alpha value is -0.770. The number of hydrogen-bond donors (Lipinski definition) is 0. The second kappa shape index (κ2) is 7.49. The summed E-state index contributed by atoms with van der Waals surface area (Å²) in [6, 6.07) is 0. The monoisotopic (exact) mass is 229 g/mol. The van der Waals surface area contributed by atoms with Crippen LogP contribution in [0.1, 0.15) is 33.1 Å². The van der Waals surface area contributed by atoms with Gasteiger partial charge in [0.05, 0.1) is 19.8 Å². The molecule has 0 aromatic heterocycles. The largest absolute Gasteiger partial charge is 0.449 e. The van der Waals surface area contributed by atoms with Gasteiger partial charge in [0.2, 0.25) is 0 Å². The summed E-state index contributed by atoms with van der Waals surface area (Å²) >= 11 is 0. The summed E-state index contributed by atoms with van der Waals surface area (Å²) in [5.74, 6) is 0.731. The summed E-state index contributed by atoms with van der Waals surface area (Å²) < 4.78 is 10.4. The van der Waals surface area contributed by atoms with Crippen molar-refractivity contribution in [1.29, 1.82) is 0 Å². The molecule has 0 atom stereocenters. The molecule has 1 aliphatic rings. The molecule has 1 fully saturated rings. The number of nitrogens with zero attached hydrogens (tertiary/aromatic N) is 1. The molecule has 0 aromatic rings. The van der Waals surface area contributed by atoms with Crippen molar-refractivity contribution in [3.63, 3.8) is 0 Å². The first-order chi connectivity index (χ1) is 7.70. The molecule has 0 unspecified atom stereocenters. The van der Waals surface area contributed by atoms with Crippen molar-refractivity contribution < 1.29 is 14.3 Å². The van der Waals surface area contributed by atoms with Crippen molar-refractivity contribution in [1.82, 2.24) is 4.90 Å². The Balaban J connectivity index is 2.01. The van der Waals surface area contributed by atoms with Crippen molar-refractivity contribution in [2.75, 3.05) is 32.9 Å². The van der Waals surface area contributed by atoms with Crippen LogP contribution in [0.3, 0.4) is 0 Å². The molecule has 94 valence electrons. The predicted molar refractivity (Wildman–Crippen MR) is 62.4 cm³/mol. The van der Waals surface area contributed by atoms with Crippen LogP contribution < -0.4 is 0 Å². The number of carbonyl (C=O) groups is 1. The number of amides is 1. The maximum Gasteiger partial charge on any atom is 0.409 e. The standard InChI is InChI=1S/C12H23NO3/c1-11(2)5-3-4-8-16-12(14)13-6-9-15-10-7-13/h11H,3-10H2,1-2H3. The van der Waals surface area contributed by atoms with E-state index in [9.17, 15) is 4.79 Å². The van der Waals surface area contributed by atoms with Crippen molar-refractivity contribution in [3.05, 3.63) is 0 Å². The Kier molecular flexibility index (Phi) is 6.23. The lowest BCUT2D eigenvalue weighted by molar-refractivity contribution is 0.0267. The van der Waals surface area contributed by atoms with E-state index in [-0.39, 0.29) is 6.09 Å². The zero-order valence-corrected chi connectivity index (χ0v) is 10.4. The predicted octanol–water partition coefficient (Wildman–Crippen LogP) is 2.28. The van der Waals surface area contributed by atoms with Gasteiger partial charge in [0.25, 0.3) is 0 Å². The van der Waals surface area contributed by atoms with Gasteiger partial charge in [-0.2, -0.15) is 0 Å². The van der Waals surface area contributed by atoms with Crippen LogP contribution >= 0.6 is 0 Å². The second-order valence-corrected chi connectivity index (χ2v) is 4.60. The van der Waals surface area contributed by atoms with Gasteiger partial charge in [-0.3, -0.25) is 0 Å². The lowest BCUT2D eigenvalue weighted by atomic mass is 10.1. The van der Waals surface area contributed by atoms with E-state index in [0.29, 0.717) is 32.9 Å². The van der Waals surface area contributed by atoms with Crippen LogP contribution in [0.4, 0.5) is 4.79 Å². The van der Waals surface area contributed by atoms with E-state index in [0.717, 1.165) is 18.8 Å². The second-order valence-electron chi connectivity index (χ2n) is 4.60. The number of unbranched alkanes of at least 4 members (excludes halogenated alkanes) is 1. The fourth-order valence-corrected chi connectivity index (χ4v) is 1.65. The van der Waals surface area contributed by atoms with Crippen molar-refractivity contribution >= 4 is 6.09 Å². The first kappa shape index (κ1) is 13.3. The minimum absolute atomic E-state index is 0.187. The number of morpholine rings is 1. The molecule has 4 nitrogen and oxygen atoms in total. The summed E-state index contributed by atoms with van der Waals surface area (Å²) in [6.45, 7) is 7.53. The topological polar surface area (TPSA) is 38.8 Å². The molecule has 0 aromatic carbocycles. The normalized spacial score (nSPS) is 16.6. The van der Waals surface area contributed by atoms with Gasteiger partial charge in [0, 0.05) is 13.1 Å². The maximum atomic E-state index is 11.5. The molecule has 1 amide bonds. The molecular weight excluding hydrogens is 206 g/mol. The Bertz CT molecular complexity index is 200. The average Bonchev–Trinajstić information content (AvgIpc) is 2.29. The molecule has 1 rings (SSSR count). The van der Waals surface area contributed by atoms with Crippen molar-refractivity contribution in [3.8, 4) is 0 Å². The summed E-state index contributed by atoms with van der Waals surface area (Å²) in [4.78, 5) is 13.3. The van der Waals surface area contributed by atoms with E-state index in [4.69, 9.17) is 9.47 Å². The van der Waals surface area contributed by atoms with Gasteiger partial charge in [0.1, 0.15) is 0 Å². The Labute approximate surface area is 97.9 Å². The number of hydrogen-bond acceptors (Lipinski definition) is 3. The molecule has 0 saturated carbocycles. The number of rotatable bonds is 5. The van der Waals surface area contributed by atoms with Gasteiger partial charge >= 0.3 is 6.09 Å². The first-order valence-electron chi connectivity index (χ1n) is 6.19. The summed E-state index contributed by atoms with van der Waals surface area (Å²) in [5, 5.41) is 0. The van der Waals surface area contributed by atoms with E-state index < -0.39 is 0 Å². The lowest BCUT2D eigenvalue weighted by Gasteiger charge is -2.25. The van der Waals surface area contributed by atoms with Gasteiger partial charge in [0.15, 0.2) is 0 Å². The fraction of sp³-hybridized carbons (Fsp3) is 0.917. The molecule has 0 aliphatic carbocycles. The Morgan fingerprint density at radius 3 is 2.62 bits per heavy atom. The third-order valence-electron chi connectivity index (χ3n) is 2.67. The first-order valence-corrected chi connectivity index (χ1v) is 6.19. The van der Waals surface area contributed by atoms with E-state index in [1.54, 1.807) is 4.90 Å². The highest BCUT2D eigenvalue weighted by molar-refractivity contribution is 5.67. The van der Waals surface area contributed by atoms with Gasteiger partial charge < -0.3 is 14.4 Å². The zero-order chi connectivity index (χ0) is 11.8. The molecule has 0 N–H and O–H groups in total. The molecule has 0 radical (unpaired) electrons. The van der Waals surface area contributed by atoms with Gasteiger partial charge in [-0.25, -0.2) is 4.79 Å². The molecule has 1 heterocycles. The smallest absolute Gasteiger partial charge is 0.409 e. The molecule has 1 aliphatic heterocycles. The summed E-state index contributed by atoms with van der Waals surface area (Å²) in [5.41, 5.74) is 0. The number of ether oxygens (including phenoxy) is 2. The molecular formula is C12H23NO3. The van der Waals surface area contributed by atoms with E-state index in [2.05, 4.69) is 13.8 Å². The zero-order valence-electron chi connectivity index (χ0n) is 10.4. The average molecular weight is 229 g/mol. The van der Waals surface area contributed by atoms with Crippen LogP contribution in [0.25, 0.3) is 0 Å².